The lowest BCUT2D eigenvalue weighted by atomic mass is 10.0. The summed E-state index contributed by atoms with van der Waals surface area (Å²) in [5.41, 5.74) is 3.62. The zero-order valence-corrected chi connectivity index (χ0v) is 18.1. The number of nitrogens with one attached hydrogen (secondary N) is 1. The first-order chi connectivity index (χ1) is 16.1. The number of hydrogen-bond acceptors (Lipinski definition) is 8. The minimum atomic E-state index is -0.724. The summed E-state index contributed by atoms with van der Waals surface area (Å²) in [6.07, 6.45) is 2.98. The Morgan fingerprint density at radius 3 is 2.64 bits per heavy atom. The quantitative estimate of drug-likeness (QED) is 0.326. The largest absolute Gasteiger partial charge is 0.497 e. The van der Waals surface area contributed by atoms with Crippen molar-refractivity contribution in [2.75, 3.05) is 19.5 Å². The molecule has 0 saturated heterocycles. The topological polar surface area (TPSA) is 115 Å². The van der Waals surface area contributed by atoms with Crippen molar-refractivity contribution in [3.8, 4) is 11.5 Å². The average molecular weight is 446 g/mol. The maximum absolute atomic E-state index is 12.6. The molecular formula is C24H22N4O5. The summed E-state index contributed by atoms with van der Waals surface area (Å²) in [6, 6.07) is 15.8. The molecule has 1 aromatic heterocycles. The molecule has 4 rings (SSSR count). The highest BCUT2D eigenvalue weighted by atomic mass is 16.6. The van der Waals surface area contributed by atoms with E-state index in [-0.39, 0.29) is 5.91 Å². The molecule has 0 fully saturated rings. The fourth-order valence-corrected chi connectivity index (χ4v) is 3.42. The van der Waals surface area contributed by atoms with Gasteiger partial charge < -0.3 is 24.8 Å². The van der Waals surface area contributed by atoms with E-state index >= 15 is 0 Å². The van der Waals surface area contributed by atoms with Gasteiger partial charge in [0.25, 0.3) is 5.91 Å². The minimum absolute atomic E-state index is 0.307. The number of methoxy groups -OCH3 is 2. The minimum Gasteiger partial charge on any atom is -0.497 e. The van der Waals surface area contributed by atoms with E-state index in [0.29, 0.717) is 46.2 Å². The molecular weight excluding hydrogens is 424 g/mol. The SMILES string of the molecule is COc1ccc(/C(=N\O)c2ccc(NC(=O)C3CC(c4cccnc4)=NO3)cc2)c(OC)c1. The number of nitrogens with zero attached hydrogens (tertiary/aromatic N) is 3. The highest BCUT2D eigenvalue weighted by molar-refractivity contribution is 6.14. The van der Waals surface area contributed by atoms with Crippen LogP contribution in [-0.2, 0) is 9.63 Å². The number of aromatic nitrogens is 1. The second-order valence-electron chi connectivity index (χ2n) is 7.16. The van der Waals surface area contributed by atoms with Crippen molar-refractivity contribution in [2.45, 2.75) is 12.5 Å². The summed E-state index contributed by atoms with van der Waals surface area (Å²) in [6.45, 7) is 0. The van der Waals surface area contributed by atoms with Gasteiger partial charge in [-0.3, -0.25) is 9.78 Å². The number of oxime groups is 2. The summed E-state index contributed by atoms with van der Waals surface area (Å²) in [5.74, 6) is 0.816. The normalized spacial score (nSPS) is 15.4. The van der Waals surface area contributed by atoms with Gasteiger partial charge >= 0.3 is 0 Å². The van der Waals surface area contributed by atoms with E-state index in [1.165, 1.54) is 7.11 Å². The number of benzene rings is 2. The number of carbonyl (C=O) groups excluding carboxylic acids is 1. The number of carbonyl (C=O) groups is 1. The Balaban J connectivity index is 1.44. The number of rotatable bonds is 7. The lowest BCUT2D eigenvalue weighted by Gasteiger charge is -2.13. The van der Waals surface area contributed by atoms with Gasteiger partial charge in [-0.1, -0.05) is 22.4 Å². The molecule has 1 atom stereocenters. The molecule has 168 valence electrons. The number of hydrogen-bond donors (Lipinski definition) is 2. The van der Waals surface area contributed by atoms with Crippen molar-refractivity contribution in [1.29, 1.82) is 0 Å². The smallest absolute Gasteiger partial charge is 0.268 e. The van der Waals surface area contributed by atoms with Gasteiger partial charge in [0.05, 0.1) is 19.9 Å². The molecule has 1 amide bonds. The van der Waals surface area contributed by atoms with Gasteiger partial charge in [0.2, 0.25) is 6.10 Å². The molecule has 9 heteroatoms. The van der Waals surface area contributed by atoms with Crippen molar-refractivity contribution in [3.05, 3.63) is 83.7 Å². The van der Waals surface area contributed by atoms with E-state index < -0.39 is 6.10 Å². The van der Waals surface area contributed by atoms with E-state index in [4.69, 9.17) is 14.3 Å². The van der Waals surface area contributed by atoms with Gasteiger partial charge in [-0.15, -0.1) is 0 Å². The van der Waals surface area contributed by atoms with Crippen LogP contribution < -0.4 is 14.8 Å². The fourth-order valence-electron chi connectivity index (χ4n) is 3.42. The predicted molar refractivity (Wildman–Crippen MR) is 122 cm³/mol. The van der Waals surface area contributed by atoms with Crippen LogP contribution in [0.5, 0.6) is 11.5 Å². The zero-order chi connectivity index (χ0) is 23.2. The van der Waals surface area contributed by atoms with Crippen LogP contribution >= 0.6 is 0 Å². The second-order valence-corrected chi connectivity index (χ2v) is 7.16. The van der Waals surface area contributed by atoms with Crippen molar-refractivity contribution in [1.82, 2.24) is 4.98 Å². The average Bonchev–Trinajstić information content (AvgIpc) is 3.37. The fraction of sp³-hybridized carbons (Fsp3) is 0.167. The van der Waals surface area contributed by atoms with Crippen molar-refractivity contribution >= 4 is 23.0 Å². The van der Waals surface area contributed by atoms with E-state index in [9.17, 15) is 10.0 Å². The van der Waals surface area contributed by atoms with Gasteiger partial charge in [-0.05, 0) is 36.4 Å². The maximum Gasteiger partial charge on any atom is 0.268 e. The highest BCUT2D eigenvalue weighted by Gasteiger charge is 2.29. The third-order valence-corrected chi connectivity index (χ3v) is 5.15. The van der Waals surface area contributed by atoms with Gasteiger partial charge in [-0.2, -0.15) is 0 Å². The molecule has 2 N–H and O–H groups in total. The molecule has 0 spiro atoms. The zero-order valence-electron chi connectivity index (χ0n) is 18.1. The Morgan fingerprint density at radius 1 is 1.15 bits per heavy atom. The van der Waals surface area contributed by atoms with E-state index in [1.54, 1.807) is 68.0 Å². The second kappa shape index (κ2) is 9.82. The third kappa shape index (κ3) is 4.77. The molecule has 1 unspecified atom stereocenters. The summed E-state index contributed by atoms with van der Waals surface area (Å²) >= 11 is 0. The Kier molecular flexibility index (Phi) is 6.49. The first kappa shape index (κ1) is 21.8. The molecule has 1 aliphatic rings. The number of amides is 1. The summed E-state index contributed by atoms with van der Waals surface area (Å²) in [5, 5.41) is 19.9. The number of anilines is 1. The van der Waals surface area contributed by atoms with Gasteiger partial charge in [0.15, 0.2) is 0 Å². The Hall–Kier alpha value is -4.40. The standard InChI is InChI=1S/C24H22N4O5/c1-31-18-9-10-19(21(12-18)32-2)23(27-30)15-5-7-17(8-6-15)26-24(29)22-13-20(28-33-22)16-4-3-11-25-14-16/h3-12,14,22,30H,13H2,1-2H3,(H,26,29)/b27-23-. The number of pyridine rings is 1. The van der Waals surface area contributed by atoms with Crippen molar-refractivity contribution in [3.63, 3.8) is 0 Å². The van der Waals surface area contributed by atoms with E-state index in [2.05, 4.69) is 20.6 Å². The van der Waals surface area contributed by atoms with Gasteiger partial charge in [-0.25, -0.2) is 0 Å². The summed E-state index contributed by atoms with van der Waals surface area (Å²) in [4.78, 5) is 22.0. The first-order valence-electron chi connectivity index (χ1n) is 10.1. The van der Waals surface area contributed by atoms with Crippen molar-refractivity contribution in [2.24, 2.45) is 10.3 Å². The highest BCUT2D eigenvalue weighted by Crippen LogP contribution is 2.28. The van der Waals surface area contributed by atoms with Gasteiger partial charge in [0.1, 0.15) is 17.2 Å². The monoisotopic (exact) mass is 446 g/mol. The molecule has 0 radical (unpaired) electrons. The van der Waals surface area contributed by atoms with Crippen molar-refractivity contribution < 1.29 is 24.3 Å². The Bertz CT molecular complexity index is 1190. The summed E-state index contributed by atoms with van der Waals surface area (Å²) in [7, 11) is 3.09. The lowest BCUT2D eigenvalue weighted by Crippen LogP contribution is -2.28. The molecule has 9 nitrogen and oxygen atoms in total. The maximum atomic E-state index is 12.6. The number of ether oxygens (including phenoxy) is 2. The van der Waals surface area contributed by atoms with Crippen LogP contribution in [0.3, 0.4) is 0 Å². The van der Waals surface area contributed by atoms with E-state index in [1.807, 2.05) is 6.07 Å². The Labute approximate surface area is 190 Å². The molecule has 0 aliphatic carbocycles. The van der Waals surface area contributed by atoms with Crippen LogP contribution in [0.1, 0.15) is 23.1 Å². The molecule has 2 aromatic carbocycles. The first-order valence-corrected chi connectivity index (χ1v) is 10.1. The molecule has 2 heterocycles. The van der Waals surface area contributed by atoms with Crippen LogP contribution in [0.2, 0.25) is 0 Å². The summed E-state index contributed by atoms with van der Waals surface area (Å²) < 4.78 is 10.6. The predicted octanol–water partition coefficient (Wildman–Crippen LogP) is 3.46. The molecule has 33 heavy (non-hydrogen) atoms. The molecule has 0 saturated carbocycles. The molecule has 1 aliphatic heterocycles. The Morgan fingerprint density at radius 2 is 1.97 bits per heavy atom. The lowest BCUT2D eigenvalue weighted by molar-refractivity contribution is -0.125. The van der Waals surface area contributed by atoms with Crippen LogP contribution in [0, 0.1) is 0 Å². The van der Waals surface area contributed by atoms with Crippen LogP contribution in [0.25, 0.3) is 0 Å². The van der Waals surface area contributed by atoms with Crippen LogP contribution in [0.4, 0.5) is 5.69 Å². The molecule has 3 aromatic rings. The van der Waals surface area contributed by atoms with E-state index in [0.717, 1.165) is 5.56 Å². The van der Waals surface area contributed by atoms with Crippen LogP contribution in [-0.4, -0.2) is 47.8 Å². The van der Waals surface area contributed by atoms with Gasteiger partial charge in [0, 0.05) is 47.3 Å². The molecule has 0 bridgehead atoms. The van der Waals surface area contributed by atoms with Crippen LogP contribution in [0.15, 0.2) is 77.3 Å². The third-order valence-electron chi connectivity index (χ3n) is 5.15.